The Morgan fingerprint density at radius 3 is 2.19 bits per heavy atom. The van der Waals surface area contributed by atoms with Gasteiger partial charge in [-0.05, 0) is 24.0 Å². The van der Waals surface area contributed by atoms with Gasteiger partial charge in [-0.15, -0.1) is 0 Å². The number of carbonyl (C=O) groups is 2. The SMILES string of the molecule is CCc1cccc(CC)c1NC(=O)N1CCN(C=O)CC1. The lowest BCUT2D eigenvalue weighted by Crippen LogP contribution is -2.49. The Hall–Kier alpha value is -2.04. The maximum absolute atomic E-state index is 12.4. The first-order chi connectivity index (χ1) is 10.2. The van der Waals surface area contributed by atoms with Gasteiger partial charge in [-0.2, -0.15) is 0 Å². The lowest BCUT2D eigenvalue weighted by atomic mass is 10.0. The van der Waals surface area contributed by atoms with Crippen LogP contribution in [-0.2, 0) is 17.6 Å². The summed E-state index contributed by atoms with van der Waals surface area (Å²) in [5, 5.41) is 3.06. The molecule has 5 heteroatoms. The lowest BCUT2D eigenvalue weighted by Gasteiger charge is -2.32. The number of hydrogen-bond acceptors (Lipinski definition) is 2. The fourth-order valence-corrected chi connectivity index (χ4v) is 2.62. The van der Waals surface area contributed by atoms with Crippen molar-refractivity contribution in [2.75, 3.05) is 31.5 Å². The van der Waals surface area contributed by atoms with Gasteiger partial charge in [0.15, 0.2) is 0 Å². The Labute approximate surface area is 125 Å². The van der Waals surface area contributed by atoms with Gasteiger partial charge >= 0.3 is 6.03 Å². The van der Waals surface area contributed by atoms with E-state index in [1.54, 1.807) is 9.80 Å². The molecule has 114 valence electrons. The minimum atomic E-state index is -0.0730. The zero-order valence-electron chi connectivity index (χ0n) is 12.8. The topological polar surface area (TPSA) is 52.7 Å². The number of piperazine rings is 1. The van der Waals surface area contributed by atoms with Crippen molar-refractivity contribution in [2.45, 2.75) is 26.7 Å². The van der Waals surface area contributed by atoms with Crippen molar-refractivity contribution in [3.05, 3.63) is 29.3 Å². The minimum Gasteiger partial charge on any atom is -0.342 e. The second-order valence-electron chi connectivity index (χ2n) is 5.22. The molecule has 1 aliphatic heterocycles. The highest BCUT2D eigenvalue weighted by atomic mass is 16.2. The first-order valence-electron chi connectivity index (χ1n) is 7.55. The predicted octanol–water partition coefficient (Wildman–Crippen LogP) is 2.12. The molecule has 3 amide bonds. The van der Waals surface area contributed by atoms with Crippen molar-refractivity contribution in [3.8, 4) is 0 Å². The lowest BCUT2D eigenvalue weighted by molar-refractivity contribution is -0.119. The van der Waals surface area contributed by atoms with Gasteiger partial charge in [0.25, 0.3) is 0 Å². The molecule has 0 radical (unpaired) electrons. The molecule has 21 heavy (non-hydrogen) atoms. The van der Waals surface area contributed by atoms with E-state index in [0.29, 0.717) is 26.2 Å². The van der Waals surface area contributed by atoms with E-state index in [4.69, 9.17) is 0 Å². The van der Waals surface area contributed by atoms with E-state index in [2.05, 4.69) is 31.3 Å². The summed E-state index contributed by atoms with van der Waals surface area (Å²) in [7, 11) is 0. The van der Waals surface area contributed by atoms with Crippen LogP contribution in [0.2, 0.25) is 0 Å². The molecule has 1 heterocycles. The number of aryl methyl sites for hydroxylation is 2. The standard InChI is InChI=1S/C16H23N3O2/c1-3-13-6-5-7-14(4-2)15(13)17-16(21)19-10-8-18(12-20)9-11-19/h5-7,12H,3-4,8-11H2,1-2H3,(H,17,21). The van der Waals surface area contributed by atoms with Gasteiger partial charge in [0.2, 0.25) is 6.41 Å². The van der Waals surface area contributed by atoms with Gasteiger partial charge in [-0.1, -0.05) is 32.0 Å². The highest BCUT2D eigenvalue weighted by Crippen LogP contribution is 2.23. The van der Waals surface area contributed by atoms with Gasteiger partial charge in [-0.25, -0.2) is 4.79 Å². The smallest absolute Gasteiger partial charge is 0.321 e. The summed E-state index contributed by atoms with van der Waals surface area (Å²) < 4.78 is 0. The molecule has 0 atom stereocenters. The van der Waals surface area contributed by atoms with Gasteiger partial charge in [0.1, 0.15) is 0 Å². The van der Waals surface area contributed by atoms with Gasteiger partial charge in [0, 0.05) is 31.9 Å². The summed E-state index contributed by atoms with van der Waals surface area (Å²) in [5.74, 6) is 0. The van der Waals surface area contributed by atoms with Crippen LogP contribution in [-0.4, -0.2) is 48.4 Å². The number of hydrogen-bond donors (Lipinski definition) is 1. The summed E-state index contributed by atoms with van der Waals surface area (Å²) in [6.07, 6.45) is 2.63. The largest absolute Gasteiger partial charge is 0.342 e. The highest BCUT2D eigenvalue weighted by Gasteiger charge is 2.21. The van der Waals surface area contributed by atoms with E-state index >= 15 is 0 Å². The first-order valence-corrected chi connectivity index (χ1v) is 7.55. The second kappa shape index (κ2) is 7.11. The molecule has 0 spiro atoms. The first kappa shape index (κ1) is 15.4. The maximum atomic E-state index is 12.4. The van der Waals surface area contributed by atoms with Gasteiger partial charge in [0.05, 0.1) is 0 Å². The van der Waals surface area contributed by atoms with E-state index in [9.17, 15) is 9.59 Å². The normalized spacial score (nSPS) is 15.0. The third kappa shape index (κ3) is 3.54. The number of urea groups is 1. The Bertz CT molecular complexity index is 486. The van der Waals surface area contributed by atoms with Crippen LogP contribution >= 0.6 is 0 Å². The number of nitrogens with zero attached hydrogens (tertiary/aromatic N) is 2. The third-order valence-electron chi connectivity index (χ3n) is 3.98. The third-order valence-corrected chi connectivity index (χ3v) is 3.98. The molecule has 1 fully saturated rings. The van der Waals surface area contributed by atoms with Gasteiger partial charge < -0.3 is 15.1 Å². The molecular formula is C16H23N3O2. The Morgan fingerprint density at radius 2 is 1.71 bits per heavy atom. The average Bonchev–Trinajstić information content (AvgIpc) is 2.55. The molecule has 2 rings (SSSR count). The molecule has 1 aliphatic rings. The minimum absolute atomic E-state index is 0.0730. The van der Waals surface area contributed by atoms with Crippen molar-refractivity contribution < 1.29 is 9.59 Å². The second-order valence-corrected chi connectivity index (χ2v) is 5.22. The molecule has 1 N–H and O–H groups in total. The van der Waals surface area contributed by atoms with Crippen molar-refractivity contribution >= 4 is 18.1 Å². The molecular weight excluding hydrogens is 266 g/mol. The number of carbonyl (C=O) groups excluding carboxylic acids is 2. The van der Waals surface area contributed by atoms with E-state index in [0.717, 1.165) is 36.1 Å². The zero-order valence-corrected chi connectivity index (χ0v) is 12.8. The van der Waals surface area contributed by atoms with E-state index in [-0.39, 0.29) is 6.03 Å². The fourth-order valence-electron chi connectivity index (χ4n) is 2.62. The molecule has 5 nitrogen and oxygen atoms in total. The Kier molecular flexibility index (Phi) is 5.20. The predicted molar refractivity (Wildman–Crippen MR) is 83.4 cm³/mol. The molecule has 1 aromatic carbocycles. The summed E-state index contributed by atoms with van der Waals surface area (Å²) >= 11 is 0. The number of nitrogens with one attached hydrogen (secondary N) is 1. The molecule has 0 aliphatic carbocycles. The van der Waals surface area contributed by atoms with Crippen LogP contribution in [0, 0.1) is 0 Å². The van der Waals surface area contributed by atoms with Crippen LogP contribution in [0.4, 0.5) is 10.5 Å². The average molecular weight is 289 g/mol. The van der Waals surface area contributed by atoms with Crippen LogP contribution in [0.1, 0.15) is 25.0 Å². The summed E-state index contributed by atoms with van der Waals surface area (Å²) in [5.41, 5.74) is 3.27. The number of para-hydroxylation sites is 1. The molecule has 0 unspecified atom stereocenters. The monoisotopic (exact) mass is 289 g/mol. The van der Waals surface area contributed by atoms with E-state index in [1.165, 1.54) is 0 Å². The molecule has 0 saturated carbocycles. The molecule has 1 aromatic rings. The van der Waals surface area contributed by atoms with Crippen LogP contribution in [0.25, 0.3) is 0 Å². The van der Waals surface area contributed by atoms with Crippen LogP contribution in [0.3, 0.4) is 0 Å². The Morgan fingerprint density at radius 1 is 1.14 bits per heavy atom. The van der Waals surface area contributed by atoms with E-state index < -0.39 is 0 Å². The quantitative estimate of drug-likeness (QED) is 0.863. The van der Waals surface area contributed by atoms with Gasteiger partial charge in [-0.3, -0.25) is 4.79 Å². The van der Waals surface area contributed by atoms with Crippen LogP contribution < -0.4 is 5.32 Å². The summed E-state index contributed by atoms with van der Waals surface area (Å²) in [4.78, 5) is 26.6. The molecule has 0 aromatic heterocycles. The van der Waals surface area contributed by atoms with E-state index in [1.807, 2.05) is 6.07 Å². The fraction of sp³-hybridized carbons (Fsp3) is 0.500. The number of anilines is 1. The number of amides is 3. The van der Waals surface area contributed by atoms with Crippen LogP contribution in [0.5, 0.6) is 0 Å². The molecule has 0 bridgehead atoms. The maximum Gasteiger partial charge on any atom is 0.321 e. The number of benzene rings is 1. The van der Waals surface area contributed by atoms with Crippen molar-refractivity contribution in [1.82, 2.24) is 9.80 Å². The van der Waals surface area contributed by atoms with Crippen LogP contribution in [0.15, 0.2) is 18.2 Å². The summed E-state index contributed by atoms with van der Waals surface area (Å²) in [6.45, 7) is 6.56. The number of rotatable bonds is 4. The Balaban J connectivity index is 2.08. The highest BCUT2D eigenvalue weighted by molar-refractivity contribution is 5.91. The van der Waals surface area contributed by atoms with Crippen molar-refractivity contribution in [1.29, 1.82) is 0 Å². The summed E-state index contributed by atoms with van der Waals surface area (Å²) in [6, 6.07) is 6.07. The zero-order chi connectivity index (χ0) is 15.2. The molecule has 1 saturated heterocycles. The van der Waals surface area contributed by atoms with Crippen molar-refractivity contribution in [2.24, 2.45) is 0 Å². The van der Waals surface area contributed by atoms with Crippen molar-refractivity contribution in [3.63, 3.8) is 0 Å².